The highest BCUT2D eigenvalue weighted by atomic mass is 15.0. The van der Waals surface area contributed by atoms with Gasteiger partial charge in [0.1, 0.15) is 0 Å². The largest absolute Gasteiger partial charge is 0.347 e. The molecule has 0 amide bonds. The first-order valence-electron chi connectivity index (χ1n) is 6.16. The summed E-state index contributed by atoms with van der Waals surface area (Å²) in [7, 11) is 0. The van der Waals surface area contributed by atoms with E-state index in [0.717, 1.165) is 13.1 Å². The quantitative estimate of drug-likeness (QED) is 0.680. The van der Waals surface area contributed by atoms with Crippen molar-refractivity contribution < 1.29 is 0 Å². The fourth-order valence-corrected chi connectivity index (χ4v) is 1.72. The summed E-state index contributed by atoms with van der Waals surface area (Å²) in [5.41, 5.74) is 1.40. The second kappa shape index (κ2) is 6.67. The summed E-state index contributed by atoms with van der Waals surface area (Å²) < 4.78 is 2.37. The van der Waals surface area contributed by atoms with Gasteiger partial charge in [0, 0.05) is 24.5 Å². The van der Waals surface area contributed by atoms with Crippen LogP contribution in [0.5, 0.6) is 0 Å². The molecule has 1 heterocycles. The van der Waals surface area contributed by atoms with E-state index in [0.29, 0.717) is 6.04 Å². The van der Waals surface area contributed by atoms with E-state index in [2.05, 4.69) is 49.0 Å². The van der Waals surface area contributed by atoms with Gasteiger partial charge < -0.3 is 9.88 Å². The Morgan fingerprint density at radius 1 is 1.40 bits per heavy atom. The Kier molecular flexibility index (Phi) is 5.48. The number of rotatable bonds is 7. The van der Waals surface area contributed by atoms with Gasteiger partial charge in [0.15, 0.2) is 0 Å². The Labute approximate surface area is 93.7 Å². The zero-order chi connectivity index (χ0) is 11.1. The molecule has 1 rings (SSSR count). The van der Waals surface area contributed by atoms with E-state index in [-0.39, 0.29) is 0 Å². The fraction of sp³-hybridized carbons (Fsp3) is 0.692. The van der Waals surface area contributed by atoms with Gasteiger partial charge in [-0.05, 0) is 38.4 Å². The summed E-state index contributed by atoms with van der Waals surface area (Å²) in [4.78, 5) is 0. The van der Waals surface area contributed by atoms with Crippen LogP contribution in [0, 0.1) is 0 Å². The van der Waals surface area contributed by atoms with Crippen molar-refractivity contribution in [3.05, 3.63) is 24.0 Å². The van der Waals surface area contributed by atoms with Gasteiger partial charge in [-0.25, -0.2) is 0 Å². The van der Waals surface area contributed by atoms with E-state index in [1.54, 1.807) is 0 Å². The molecule has 0 unspecified atom stereocenters. The molecule has 2 nitrogen and oxygen atoms in total. The highest BCUT2D eigenvalue weighted by Gasteiger charge is 2.05. The lowest BCUT2D eigenvalue weighted by atomic mass is 10.2. The molecule has 0 fully saturated rings. The van der Waals surface area contributed by atoms with Crippen LogP contribution in [0.3, 0.4) is 0 Å². The number of aromatic nitrogens is 1. The summed E-state index contributed by atoms with van der Waals surface area (Å²) in [6.07, 6.45) is 5.91. The van der Waals surface area contributed by atoms with E-state index < -0.39 is 0 Å². The second-order valence-corrected chi connectivity index (χ2v) is 4.19. The smallest absolute Gasteiger partial charge is 0.0359 e. The van der Waals surface area contributed by atoms with Gasteiger partial charge in [0.25, 0.3) is 0 Å². The maximum atomic E-state index is 3.49. The third-order valence-electron chi connectivity index (χ3n) is 2.95. The van der Waals surface area contributed by atoms with Crippen LogP contribution in [-0.2, 0) is 6.54 Å². The molecule has 1 atom stereocenters. The van der Waals surface area contributed by atoms with E-state index >= 15 is 0 Å². The molecule has 0 aliphatic rings. The van der Waals surface area contributed by atoms with Crippen LogP contribution >= 0.6 is 0 Å². The van der Waals surface area contributed by atoms with Crippen LogP contribution in [0.15, 0.2) is 18.3 Å². The van der Waals surface area contributed by atoms with Gasteiger partial charge in [-0.15, -0.1) is 0 Å². The summed E-state index contributed by atoms with van der Waals surface area (Å²) in [5.74, 6) is 0. The van der Waals surface area contributed by atoms with Crippen LogP contribution in [-0.4, -0.2) is 11.1 Å². The molecule has 0 spiro atoms. The first-order valence-corrected chi connectivity index (χ1v) is 6.16. The minimum Gasteiger partial charge on any atom is -0.347 e. The molecule has 0 aliphatic heterocycles. The standard InChI is InChI=1S/C13H24N2/c1-4-6-9-14-11-13-8-7-10-15(13)12(3)5-2/h7-8,10,12,14H,4-6,9,11H2,1-3H3/t12-/m0/s1. The third-order valence-corrected chi connectivity index (χ3v) is 2.95. The van der Waals surface area contributed by atoms with Crippen molar-refractivity contribution in [2.45, 2.75) is 52.6 Å². The zero-order valence-corrected chi connectivity index (χ0v) is 10.3. The molecule has 1 N–H and O–H groups in total. The van der Waals surface area contributed by atoms with Crippen LogP contribution < -0.4 is 5.32 Å². The van der Waals surface area contributed by atoms with Gasteiger partial charge in [0.2, 0.25) is 0 Å². The maximum absolute atomic E-state index is 3.49. The summed E-state index contributed by atoms with van der Waals surface area (Å²) >= 11 is 0. The first kappa shape index (κ1) is 12.3. The lowest BCUT2D eigenvalue weighted by molar-refractivity contribution is 0.500. The molecule has 1 aromatic heterocycles. The molecule has 0 bridgehead atoms. The molecule has 0 radical (unpaired) electrons. The molecule has 0 saturated carbocycles. The predicted molar refractivity (Wildman–Crippen MR) is 66.0 cm³/mol. The number of unbranched alkanes of at least 4 members (excludes halogenated alkanes) is 1. The molecular formula is C13H24N2. The molecule has 0 aliphatic carbocycles. The van der Waals surface area contributed by atoms with Crippen molar-refractivity contribution in [3.8, 4) is 0 Å². The van der Waals surface area contributed by atoms with Crippen LogP contribution in [0.4, 0.5) is 0 Å². The molecule has 86 valence electrons. The maximum Gasteiger partial charge on any atom is 0.0359 e. The topological polar surface area (TPSA) is 17.0 Å². The van der Waals surface area contributed by atoms with Crippen molar-refractivity contribution in [1.82, 2.24) is 9.88 Å². The van der Waals surface area contributed by atoms with Crippen LogP contribution in [0.25, 0.3) is 0 Å². The van der Waals surface area contributed by atoms with Gasteiger partial charge >= 0.3 is 0 Å². The Hall–Kier alpha value is -0.760. The molecule has 1 aromatic rings. The molecule has 15 heavy (non-hydrogen) atoms. The summed E-state index contributed by atoms with van der Waals surface area (Å²) in [5, 5.41) is 3.49. The van der Waals surface area contributed by atoms with Crippen molar-refractivity contribution in [2.75, 3.05) is 6.54 Å². The minimum absolute atomic E-state index is 0.614. The predicted octanol–water partition coefficient (Wildman–Crippen LogP) is 3.35. The average molecular weight is 208 g/mol. The molecule has 0 saturated heterocycles. The number of hydrogen-bond acceptors (Lipinski definition) is 1. The van der Waals surface area contributed by atoms with Crippen molar-refractivity contribution in [3.63, 3.8) is 0 Å². The molecule has 2 heteroatoms. The Balaban J connectivity index is 2.43. The van der Waals surface area contributed by atoms with Gasteiger partial charge in [-0.3, -0.25) is 0 Å². The van der Waals surface area contributed by atoms with E-state index in [9.17, 15) is 0 Å². The van der Waals surface area contributed by atoms with E-state index in [1.165, 1.54) is 25.0 Å². The molecular weight excluding hydrogens is 184 g/mol. The first-order chi connectivity index (χ1) is 7.29. The SMILES string of the molecule is CCCCNCc1cccn1[C@@H](C)CC. The summed E-state index contributed by atoms with van der Waals surface area (Å²) in [6, 6.07) is 4.97. The minimum atomic E-state index is 0.614. The average Bonchev–Trinajstić information content (AvgIpc) is 2.71. The third kappa shape index (κ3) is 3.71. The Bertz CT molecular complexity index is 265. The van der Waals surface area contributed by atoms with Crippen LogP contribution in [0.2, 0.25) is 0 Å². The number of nitrogens with zero attached hydrogens (tertiary/aromatic N) is 1. The lowest BCUT2D eigenvalue weighted by Gasteiger charge is -2.16. The normalized spacial score (nSPS) is 13.0. The van der Waals surface area contributed by atoms with Crippen molar-refractivity contribution in [1.29, 1.82) is 0 Å². The van der Waals surface area contributed by atoms with Crippen molar-refractivity contribution >= 4 is 0 Å². The summed E-state index contributed by atoms with van der Waals surface area (Å²) in [6.45, 7) is 8.86. The Morgan fingerprint density at radius 3 is 2.87 bits per heavy atom. The lowest BCUT2D eigenvalue weighted by Crippen LogP contribution is -2.18. The number of nitrogens with one attached hydrogen (secondary N) is 1. The Morgan fingerprint density at radius 2 is 2.20 bits per heavy atom. The fourth-order valence-electron chi connectivity index (χ4n) is 1.72. The van der Waals surface area contributed by atoms with Crippen molar-refractivity contribution in [2.24, 2.45) is 0 Å². The van der Waals surface area contributed by atoms with Gasteiger partial charge in [-0.2, -0.15) is 0 Å². The monoisotopic (exact) mass is 208 g/mol. The highest BCUT2D eigenvalue weighted by molar-refractivity contribution is 5.08. The van der Waals surface area contributed by atoms with Crippen LogP contribution in [0.1, 0.15) is 51.8 Å². The highest BCUT2D eigenvalue weighted by Crippen LogP contribution is 2.14. The molecule has 0 aromatic carbocycles. The van der Waals surface area contributed by atoms with E-state index in [1.807, 2.05) is 0 Å². The van der Waals surface area contributed by atoms with Gasteiger partial charge in [-0.1, -0.05) is 20.3 Å². The van der Waals surface area contributed by atoms with Gasteiger partial charge in [0.05, 0.1) is 0 Å². The van der Waals surface area contributed by atoms with E-state index in [4.69, 9.17) is 0 Å². The zero-order valence-electron chi connectivity index (χ0n) is 10.3. The number of hydrogen-bond donors (Lipinski definition) is 1. The second-order valence-electron chi connectivity index (χ2n) is 4.19.